The van der Waals surface area contributed by atoms with Crippen LogP contribution in [0.5, 0.6) is 0 Å². The average molecular weight is 189 g/mol. The number of hydrogen-bond acceptors (Lipinski definition) is 2. The molecule has 0 atom stereocenters. The second-order valence-electron chi connectivity index (χ2n) is 3.43. The number of carbonyl (C=O) groups is 1. The molecule has 64 valence electrons. The molecule has 0 fully saturated rings. The van der Waals surface area contributed by atoms with Gasteiger partial charge in [-0.25, -0.2) is 5.48 Å². The van der Waals surface area contributed by atoms with Crippen LogP contribution >= 0.6 is 0 Å². The van der Waals surface area contributed by atoms with Crippen molar-refractivity contribution in [2.75, 3.05) is 0 Å². The number of carbonyl (C=O) groups excluding carboxylic acids is 1. The summed E-state index contributed by atoms with van der Waals surface area (Å²) in [6.07, 6.45) is 0. The van der Waals surface area contributed by atoms with E-state index in [1.54, 1.807) is 0 Å². The Kier molecular flexibility index (Phi) is 3.70. The van der Waals surface area contributed by atoms with Crippen LogP contribution in [0.25, 0.3) is 0 Å². The van der Waals surface area contributed by atoms with E-state index in [1.807, 2.05) is 19.6 Å². The molecule has 0 aromatic heterocycles. The zero-order chi connectivity index (χ0) is 9.07. The Labute approximate surface area is 71.3 Å². The van der Waals surface area contributed by atoms with Crippen LogP contribution in [0.4, 0.5) is 0 Å². The van der Waals surface area contributed by atoms with Gasteiger partial charge >= 0.3 is 0 Å². The summed E-state index contributed by atoms with van der Waals surface area (Å²) in [5, 5.41) is 0.600. The molecule has 0 heterocycles. The van der Waals surface area contributed by atoms with Crippen molar-refractivity contribution in [3.8, 4) is 0 Å². The van der Waals surface area contributed by atoms with Gasteiger partial charge in [0.05, 0.1) is 0 Å². The minimum Gasteiger partial charge on any atom is -0.320 e. The first-order chi connectivity index (χ1) is 4.83. The monoisotopic (exact) mass is 189 g/mol. The van der Waals surface area contributed by atoms with E-state index in [9.17, 15) is 4.79 Å². The first-order valence-electron chi connectivity index (χ1n) is 3.47. The third-order valence-electron chi connectivity index (χ3n) is 0.838. The molecule has 0 aliphatic heterocycles. The van der Waals surface area contributed by atoms with E-state index < -0.39 is 8.32 Å². The topological polar surface area (TPSA) is 38.3 Å². The first-order valence-corrected chi connectivity index (χ1v) is 7.87. The fourth-order valence-corrected chi connectivity index (χ4v) is 0.788. The van der Waals surface area contributed by atoms with Crippen molar-refractivity contribution in [3.05, 3.63) is 11.8 Å². The van der Waals surface area contributed by atoms with E-state index in [0.717, 1.165) is 0 Å². The van der Waals surface area contributed by atoms with Crippen LogP contribution in [0.2, 0.25) is 19.6 Å². The molecule has 0 bridgehead atoms. The Balaban J connectivity index is 3.73. The smallest absolute Gasteiger partial charge is 0.264 e. The normalized spacial score (nSPS) is 11.2. The maximum atomic E-state index is 10.9. The van der Waals surface area contributed by atoms with Gasteiger partial charge in [0.25, 0.3) is 5.91 Å². The Morgan fingerprint density at radius 2 is 2.00 bits per heavy atom. The summed E-state index contributed by atoms with van der Waals surface area (Å²) in [6.45, 7) is 9.55. The lowest BCUT2D eigenvalue weighted by atomic mass is 10.6. The Bertz CT molecular complexity index is 174. The van der Waals surface area contributed by atoms with Crippen molar-refractivity contribution >= 4 is 24.5 Å². The van der Waals surface area contributed by atoms with Gasteiger partial charge in [-0.05, 0) is 24.8 Å². The zero-order valence-corrected chi connectivity index (χ0v) is 10.5. The van der Waals surface area contributed by atoms with Crippen molar-refractivity contribution in [2.45, 2.75) is 19.6 Å². The average Bonchev–Trinajstić information content (AvgIpc) is 1.80. The summed E-state index contributed by atoms with van der Waals surface area (Å²) in [4.78, 5) is 10.9. The fourth-order valence-electron chi connectivity index (χ4n) is 0.287. The van der Waals surface area contributed by atoms with Crippen molar-refractivity contribution in [1.29, 1.82) is 0 Å². The van der Waals surface area contributed by atoms with E-state index >= 15 is 0 Å². The lowest BCUT2D eigenvalue weighted by Gasteiger charge is -2.16. The molecular weight excluding hydrogens is 174 g/mol. The molecule has 0 aromatic carbocycles. The number of hydroxylamine groups is 1. The van der Waals surface area contributed by atoms with Gasteiger partial charge in [0.15, 0.2) is 0 Å². The molecule has 0 saturated carbocycles. The quantitative estimate of drug-likeness (QED) is 0.378. The molecule has 0 rings (SSSR count). The molecule has 0 radical (unpaired) electrons. The SMILES string of the molecule is C=C([SiH3])C(=O)NO[Si](C)(C)C. The Hall–Kier alpha value is -0.396. The lowest BCUT2D eigenvalue weighted by Crippen LogP contribution is -2.37. The molecule has 0 aliphatic carbocycles. The van der Waals surface area contributed by atoms with E-state index in [1.165, 1.54) is 0 Å². The minimum absolute atomic E-state index is 0.181. The van der Waals surface area contributed by atoms with Crippen LogP contribution in [0.15, 0.2) is 11.8 Å². The predicted octanol–water partition coefficient (Wildman–Crippen LogP) is -0.252. The van der Waals surface area contributed by atoms with Gasteiger partial charge in [0.2, 0.25) is 8.32 Å². The predicted molar refractivity (Wildman–Crippen MR) is 51.7 cm³/mol. The highest BCUT2D eigenvalue weighted by molar-refractivity contribution is 6.69. The largest absolute Gasteiger partial charge is 0.320 e. The molecule has 0 spiro atoms. The van der Waals surface area contributed by atoms with Crippen molar-refractivity contribution < 1.29 is 9.32 Å². The van der Waals surface area contributed by atoms with Crippen molar-refractivity contribution in [3.63, 3.8) is 0 Å². The molecule has 1 amide bonds. The molecule has 0 unspecified atom stereocenters. The molecule has 5 heteroatoms. The maximum Gasteiger partial charge on any atom is 0.264 e. The van der Waals surface area contributed by atoms with Gasteiger partial charge in [-0.2, -0.15) is 0 Å². The van der Waals surface area contributed by atoms with Gasteiger partial charge in [-0.1, -0.05) is 6.58 Å². The highest BCUT2D eigenvalue weighted by Gasteiger charge is 2.16. The maximum absolute atomic E-state index is 10.9. The van der Waals surface area contributed by atoms with Gasteiger partial charge in [0.1, 0.15) is 0 Å². The highest BCUT2D eigenvalue weighted by atomic mass is 28.4. The van der Waals surface area contributed by atoms with Gasteiger partial charge in [0, 0.05) is 10.2 Å². The summed E-state index contributed by atoms with van der Waals surface area (Å²) in [7, 11) is -0.941. The van der Waals surface area contributed by atoms with E-state index in [4.69, 9.17) is 4.53 Å². The molecule has 1 N–H and O–H groups in total. The Morgan fingerprint density at radius 1 is 1.55 bits per heavy atom. The van der Waals surface area contributed by atoms with Crippen LogP contribution < -0.4 is 5.48 Å². The van der Waals surface area contributed by atoms with Gasteiger partial charge in [-0.3, -0.25) is 4.79 Å². The second-order valence-corrected chi connectivity index (χ2v) is 9.06. The summed E-state index contributed by atoms with van der Waals surface area (Å²) < 4.78 is 5.15. The van der Waals surface area contributed by atoms with Gasteiger partial charge in [-0.15, -0.1) is 0 Å². The second kappa shape index (κ2) is 3.84. The number of rotatable bonds is 3. The van der Waals surface area contributed by atoms with Crippen LogP contribution in [0.3, 0.4) is 0 Å². The van der Waals surface area contributed by atoms with Crippen LogP contribution in [0, 0.1) is 0 Å². The van der Waals surface area contributed by atoms with Crippen molar-refractivity contribution in [1.82, 2.24) is 5.48 Å². The standard InChI is InChI=1S/C6H15NO2Si2/c1-5(10)6(8)7-9-11(2,3)4/h1H2,2-4,10H3,(H,7,8). The van der Waals surface area contributed by atoms with E-state index in [0.29, 0.717) is 15.4 Å². The molecule has 3 nitrogen and oxygen atoms in total. The third-order valence-corrected chi connectivity index (χ3v) is 2.01. The molecule has 11 heavy (non-hydrogen) atoms. The first kappa shape index (κ1) is 10.6. The van der Waals surface area contributed by atoms with Gasteiger partial charge < -0.3 is 4.53 Å². The molecule has 0 aromatic rings. The molecule has 0 saturated heterocycles. The van der Waals surface area contributed by atoms with Crippen LogP contribution in [-0.4, -0.2) is 24.5 Å². The lowest BCUT2D eigenvalue weighted by molar-refractivity contribution is -0.123. The summed E-state index contributed by atoms with van der Waals surface area (Å²) in [5.41, 5.74) is 2.38. The fraction of sp³-hybridized carbons (Fsp3) is 0.500. The van der Waals surface area contributed by atoms with E-state index in [2.05, 4.69) is 12.1 Å². The molecular formula is C6H15NO2Si2. The summed E-state index contributed by atoms with van der Waals surface area (Å²) >= 11 is 0. The van der Waals surface area contributed by atoms with Crippen molar-refractivity contribution in [2.24, 2.45) is 0 Å². The number of amides is 1. The van der Waals surface area contributed by atoms with Crippen LogP contribution in [-0.2, 0) is 9.32 Å². The van der Waals surface area contributed by atoms with E-state index in [-0.39, 0.29) is 5.91 Å². The minimum atomic E-state index is -1.62. The third kappa shape index (κ3) is 6.02. The van der Waals surface area contributed by atoms with Crippen LogP contribution in [0.1, 0.15) is 0 Å². The Morgan fingerprint density at radius 3 is 2.27 bits per heavy atom. The highest BCUT2D eigenvalue weighted by Crippen LogP contribution is 1.99. The summed E-state index contributed by atoms with van der Waals surface area (Å²) in [5.74, 6) is -0.181. The summed E-state index contributed by atoms with van der Waals surface area (Å²) in [6, 6.07) is 0. The number of hydrogen-bond donors (Lipinski definition) is 1. The molecule has 0 aliphatic rings. The zero-order valence-electron chi connectivity index (χ0n) is 7.52. The number of nitrogens with one attached hydrogen (secondary N) is 1.